The van der Waals surface area contributed by atoms with E-state index in [0.717, 1.165) is 12.1 Å². The zero-order valence-corrected chi connectivity index (χ0v) is 23.9. The zero-order valence-electron chi connectivity index (χ0n) is 20.1. The Balaban J connectivity index is 1.52. The third-order valence-corrected chi connectivity index (χ3v) is 8.44. The number of Topliss-reactive ketones (excluding diaryl/α,β-unsaturated/α-hetero) is 2. The van der Waals surface area contributed by atoms with Crippen molar-refractivity contribution in [2.45, 2.75) is 23.1 Å². The van der Waals surface area contributed by atoms with Gasteiger partial charge in [0.25, 0.3) is 0 Å². The van der Waals surface area contributed by atoms with Gasteiger partial charge in [-0.25, -0.2) is 13.2 Å². The Morgan fingerprint density at radius 3 is 2.23 bits per heavy atom. The summed E-state index contributed by atoms with van der Waals surface area (Å²) in [7, 11) is 0. The number of hydrogen-bond donors (Lipinski definition) is 1. The van der Waals surface area contributed by atoms with Crippen molar-refractivity contribution in [3.8, 4) is 0 Å². The van der Waals surface area contributed by atoms with Crippen LogP contribution < -0.4 is 5.32 Å². The van der Waals surface area contributed by atoms with Gasteiger partial charge in [0.1, 0.15) is 16.0 Å². The SMILES string of the molecule is C=C(F)C(=O)Cc1c(F)ccc(CC(=O)c2cc(NC(=O)[C@H]3[C@H](c4ccc(Cl)c(Cl)c4)C3(Cl)Cl)ccc2Cl)c1F. The molecule has 1 N–H and O–H groups in total. The zero-order chi connectivity index (χ0) is 29.5. The Hall–Kier alpha value is -2.55. The predicted octanol–water partition coefficient (Wildman–Crippen LogP) is 8.47. The quantitative estimate of drug-likeness (QED) is 0.144. The Morgan fingerprint density at radius 2 is 1.57 bits per heavy atom. The van der Waals surface area contributed by atoms with E-state index in [0.29, 0.717) is 10.6 Å². The lowest BCUT2D eigenvalue weighted by Crippen LogP contribution is -2.17. The van der Waals surface area contributed by atoms with E-state index in [1.807, 2.05) is 0 Å². The molecular formula is C28H17Cl5F3NO3. The van der Waals surface area contributed by atoms with Gasteiger partial charge in [-0.15, -0.1) is 23.2 Å². The highest BCUT2D eigenvalue weighted by Crippen LogP contribution is 2.65. The van der Waals surface area contributed by atoms with Crippen LogP contribution in [-0.2, 0) is 22.4 Å². The van der Waals surface area contributed by atoms with Crippen LogP contribution in [0, 0.1) is 17.6 Å². The number of amides is 1. The van der Waals surface area contributed by atoms with Gasteiger partial charge in [0.2, 0.25) is 5.91 Å². The number of benzene rings is 3. The van der Waals surface area contributed by atoms with Crippen LogP contribution in [0.15, 0.2) is 60.9 Å². The first-order valence-electron chi connectivity index (χ1n) is 11.5. The molecule has 208 valence electrons. The average Bonchev–Trinajstić information content (AvgIpc) is 3.47. The summed E-state index contributed by atoms with van der Waals surface area (Å²) in [5.74, 6) is -7.39. The Kier molecular flexibility index (Phi) is 8.93. The molecule has 0 aromatic heterocycles. The van der Waals surface area contributed by atoms with Crippen LogP contribution in [0.25, 0.3) is 0 Å². The molecule has 0 saturated heterocycles. The minimum absolute atomic E-state index is 0.0128. The topological polar surface area (TPSA) is 63.2 Å². The lowest BCUT2D eigenvalue weighted by Gasteiger charge is -2.11. The Labute approximate surface area is 252 Å². The van der Waals surface area contributed by atoms with E-state index in [-0.39, 0.29) is 26.9 Å². The fourth-order valence-electron chi connectivity index (χ4n) is 4.28. The molecule has 1 aliphatic rings. The molecule has 0 radical (unpaired) electrons. The van der Waals surface area contributed by atoms with E-state index >= 15 is 0 Å². The Bertz CT molecular complexity index is 1580. The van der Waals surface area contributed by atoms with Gasteiger partial charge in [0.05, 0.1) is 21.0 Å². The molecule has 3 aromatic carbocycles. The number of ketones is 2. The normalized spacial score (nSPS) is 17.3. The van der Waals surface area contributed by atoms with Crippen molar-refractivity contribution in [3.63, 3.8) is 0 Å². The summed E-state index contributed by atoms with van der Waals surface area (Å²) < 4.78 is 40.7. The lowest BCUT2D eigenvalue weighted by atomic mass is 9.98. The van der Waals surface area contributed by atoms with E-state index in [1.165, 1.54) is 18.2 Å². The highest BCUT2D eigenvalue weighted by atomic mass is 35.5. The number of nitrogens with one attached hydrogen (secondary N) is 1. The predicted molar refractivity (Wildman–Crippen MR) is 151 cm³/mol. The van der Waals surface area contributed by atoms with E-state index in [4.69, 9.17) is 58.0 Å². The summed E-state index contributed by atoms with van der Waals surface area (Å²) in [5.41, 5.74) is -0.176. The molecule has 3 aromatic rings. The molecule has 1 amide bonds. The van der Waals surface area contributed by atoms with Crippen molar-refractivity contribution in [2.75, 3.05) is 5.32 Å². The summed E-state index contributed by atoms with van der Waals surface area (Å²) in [6, 6.07) is 10.8. The first-order chi connectivity index (χ1) is 18.7. The highest BCUT2D eigenvalue weighted by molar-refractivity contribution is 6.53. The van der Waals surface area contributed by atoms with Gasteiger partial charge in [0.15, 0.2) is 17.4 Å². The number of carbonyl (C=O) groups is 3. The van der Waals surface area contributed by atoms with Crippen LogP contribution in [0.1, 0.15) is 33.0 Å². The molecule has 4 nitrogen and oxygen atoms in total. The summed E-state index contributed by atoms with van der Waals surface area (Å²) in [5, 5.41) is 3.27. The molecule has 12 heteroatoms. The fourth-order valence-corrected chi connectivity index (χ4v) is 5.64. The maximum atomic E-state index is 15.0. The maximum Gasteiger partial charge on any atom is 0.231 e. The second-order valence-electron chi connectivity index (χ2n) is 9.09. The highest BCUT2D eigenvalue weighted by Gasteiger charge is 2.67. The van der Waals surface area contributed by atoms with Crippen molar-refractivity contribution in [3.05, 3.63) is 110 Å². The van der Waals surface area contributed by atoms with Gasteiger partial charge in [-0.2, -0.15) is 0 Å². The van der Waals surface area contributed by atoms with Crippen LogP contribution in [0.3, 0.4) is 0 Å². The van der Waals surface area contributed by atoms with Gasteiger partial charge in [-0.1, -0.05) is 53.5 Å². The van der Waals surface area contributed by atoms with Gasteiger partial charge in [-0.3, -0.25) is 14.4 Å². The van der Waals surface area contributed by atoms with Gasteiger partial charge in [0, 0.05) is 35.6 Å². The molecule has 0 bridgehead atoms. The standard InChI is InChI=1S/C28H17Cl5F3NO3/c1-12(34)22(38)11-17-21(35)7-3-14(26(17)36)9-23(39)16-10-15(4-6-18(16)29)37-27(40)25-24(28(25,32)33)13-2-5-19(30)20(31)8-13/h2-8,10,24-25H,1,9,11H2,(H,37,40)/t24-,25+/m0/s1. The number of alkyl halides is 2. The van der Waals surface area contributed by atoms with Crippen molar-refractivity contribution in [2.24, 2.45) is 5.92 Å². The number of anilines is 1. The number of hydrogen-bond acceptors (Lipinski definition) is 3. The summed E-state index contributed by atoms with van der Waals surface area (Å²) in [6.07, 6.45) is -1.46. The molecule has 0 unspecified atom stereocenters. The van der Waals surface area contributed by atoms with Crippen LogP contribution in [-0.4, -0.2) is 21.8 Å². The van der Waals surface area contributed by atoms with E-state index in [1.54, 1.807) is 18.2 Å². The van der Waals surface area contributed by atoms with E-state index in [9.17, 15) is 27.6 Å². The first kappa shape index (κ1) is 30.4. The largest absolute Gasteiger partial charge is 0.326 e. The number of allylic oxidation sites excluding steroid dienone is 1. The van der Waals surface area contributed by atoms with Crippen LogP contribution in [0.2, 0.25) is 15.1 Å². The minimum atomic E-state index is -1.42. The smallest absolute Gasteiger partial charge is 0.231 e. The molecular weight excluding hydrogens is 633 g/mol. The third kappa shape index (κ3) is 6.19. The number of halogens is 8. The number of carbonyl (C=O) groups excluding carboxylic acids is 3. The molecule has 40 heavy (non-hydrogen) atoms. The van der Waals surface area contributed by atoms with Crippen LogP contribution in [0.4, 0.5) is 18.9 Å². The molecule has 0 spiro atoms. The average molecular weight is 650 g/mol. The molecule has 2 atom stereocenters. The molecule has 0 aliphatic heterocycles. The van der Waals surface area contributed by atoms with Crippen molar-refractivity contribution >= 4 is 81.2 Å². The van der Waals surface area contributed by atoms with Gasteiger partial charge in [-0.05, 0) is 47.5 Å². The van der Waals surface area contributed by atoms with E-state index in [2.05, 4.69) is 11.9 Å². The summed E-state index contributed by atoms with van der Waals surface area (Å²) in [4.78, 5) is 37.7. The third-order valence-electron chi connectivity index (χ3n) is 6.43. The second-order valence-corrected chi connectivity index (χ2v) is 11.8. The first-order valence-corrected chi connectivity index (χ1v) is 13.4. The lowest BCUT2D eigenvalue weighted by molar-refractivity contribution is -0.117. The van der Waals surface area contributed by atoms with Crippen molar-refractivity contribution in [1.82, 2.24) is 0 Å². The van der Waals surface area contributed by atoms with Crippen LogP contribution >= 0.6 is 58.0 Å². The molecule has 1 aliphatic carbocycles. The summed E-state index contributed by atoms with van der Waals surface area (Å²) >= 11 is 31.0. The van der Waals surface area contributed by atoms with Crippen molar-refractivity contribution < 1.29 is 27.6 Å². The molecule has 0 heterocycles. The van der Waals surface area contributed by atoms with Gasteiger partial charge < -0.3 is 5.32 Å². The fraction of sp³-hybridized carbons (Fsp3) is 0.179. The van der Waals surface area contributed by atoms with Gasteiger partial charge >= 0.3 is 0 Å². The Morgan fingerprint density at radius 1 is 0.900 bits per heavy atom. The second kappa shape index (κ2) is 11.7. The minimum Gasteiger partial charge on any atom is -0.326 e. The van der Waals surface area contributed by atoms with Crippen molar-refractivity contribution in [1.29, 1.82) is 0 Å². The molecule has 4 rings (SSSR count). The number of rotatable bonds is 9. The van der Waals surface area contributed by atoms with E-state index < -0.39 is 69.5 Å². The molecule has 1 saturated carbocycles. The maximum absolute atomic E-state index is 15.0. The summed E-state index contributed by atoms with van der Waals surface area (Å²) in [6.45, 7) is 2.82. The monoisotopic (exact) mass is 647 g/mol. The molecule has 1 fully saturated rings. The van der Waals surface area contributed by atoms with Crippen LogP contribution in [0.5, 0.6) is 0 Å².